The Hall–Kier alpha value is -2.94. The molecule has 0 saturated carbocycles. The summed E-state index contributed by atoms with van der Waals surface area (Å²) in [6.07, 6.45) is 3.17. The fourth-order valence-corrected chi connectivity index (χ4v) is 3.78. The molecule has 2 heterocycles. The number of benzene rings is 1. The van der Waals surface area contributed by atoms with Gasteiger partial charge in [-0.1, -0.05) is 37.2 Å². The van der Waals surface area contributed by atoms with Gasteiger partial charge in [-0.05, 0) is 44.4 Å². The first kappa shape index (κ1) is 21.8. The second-order valence-corrected chi connectivity index (χ2v) is 7.79. The topological polar surface area (TPSA) is 98.5 Å². The lowest BCUT2D eigenvalue weighted by Crippen LogP contribution is -2.17. The van der Waals surface area contributed by atoms with E-state index in [0.717, 1.165) is 30.7 Å². The molecule has 158 valence electrons. The molecule has 1 amide bonds. The molecule has 3 aromatic rings. The van der Waals surface area contributed by atoms with Gasteiger partial charge in [0.05, 0.1) is 24.1 Å². The van der Waals surface area contributed by atoms with E-state index < -0.39 is 5.97 Å². The number of rotatable bonds is 8. The van der Waals surface area contributed by atoms with E-state index in [2.05, 4.69) is 27.3 Å². The number of para-hydroxylation sites is 1. The average Bonchev–Trinajstić information content (AvgIpc) is 3.15. The van der Waals surface area contributed by atoms with Gasteiger partial charge in [0, 0.05) is 11.4 Å². The zero-order chi connectivity index (χ0) is 21.7. The number of thioether (sulfide) groups is 1. The van der Waals surface area contributed by atoms with Crippen molar-refractivity contribution in [2.75, 3.05) is 18.2 Å². The fraction of sp³-hybridized carbons (Fsp3) is 0.381. The number of anilines is 1. The number of nitrogens with zero attached hydrogens (tertiary/aromatic N) is 4. The number of nitrogens with one attached hydrogen (secondary N) is 1. The first-order chi connectivity index (χ1) is 14.4. The Balaban J connectivity index is 1.71. The van der Waals surface area contributed by atoms with E-state index in [9.17, 15) is 9.59 Å². The lowest BCUT2D eigenvalue weighted by atomic mass is 10.1. The number of ether oxygens (including phenoxy) is 1. The van der Waals surface area contributed by atoms with Gasteiger partial charge in [-0.2, -0.15) is 4.98 Å². The van der Waals surface area contributed by atoms with Crippen molar-refractivity contribution in [1.82, 2.24) is 19.6 Å². The molecule has 0 aliphatic carbocycles. The maximum atomic E-state index is 12.4. The van der Waals surface area contributed by atoms with E-state index in [1.807, 2.05) is 13.8 Å². The summed E-state index contributed by atoms with van der Waals surface area (Å²) >= 11 is 1.22. The Bertz CT molecular complexity index is 1080. The molecule has 0 fully saturated rings. The molecule has 0 unspecified atom stereocenters. The van der Waals surface area contributed by atoms with Gasteiger partial charge in [0.25, 0.3) is 5.78 Å². The second-order valence-electron chi connectivity index (χ2n) is 6.84. The molecule has 2 aromatic heterocycles. The van der Waals surface area contributed by atoms with Crippen molar-refractivity contribution in [2.45, 2.75) is 45.2 Å². The average molecular weight is 428 g/mol. The lowest BCUT2D eigenvalue weighted by molar-refractivity contribution is -0.113. The third-order valence-corrected chi connectivity index (χ3v) is 5.59. The highest BCUT2D eigenvalue weighted by Gasteiger charge is 2.16. The quantitative estimate of drug-likeness (QED) is 0.433. The van der Waals surface area contributed by atoms with Crippen molar-refractivity contribution in [2.24, 2.45) is 0 Å². The summed E-state index contributed by atoms with van der Waals surface area (Å²) in [7, 11) is 1.30. The molecule has 1 N–H and O–H groups in total. The van der Waals surface area contributed by atoms with Gasteiger partial charge in [0.15, 0.2) is 0 Å². The summed E-state index contributed by atoms with van der Waals surface area (Å²) < 4.78 is 6.49. The van der Waals surface area contributed by atoms with Gasteiger partial charge in [0.2, 0.25) is 11.1 Å². The minimum absolute atomic E-state index is 0.104. The van der Waals surface area contributed by atoms with Crippen LogP contribution < -0.4 is 5.32 Å². The number of carbonyl (C=O) groups is 2. The number of hydrogen-bond acceptors (Lipinski definition) is 7. The number of amides is 1. The third-order valence-electron chi connectivity index (χ3n) is 4.75. The van der Waals surface area contributed by atoms with Crippen molar-refractivity contribution in [3.05, 3.63) is 46.8 Å². The molecule has 1 aromatic carbocycles. The highest BCUT2D eigenvalue weighted by atomic mass is 32.2. The zero-order valence-corrected chi connectivity index (χ0v) is 18.4. The zero-order valence-electron chi connectivity index (χ0n) is 17.6. The van der Waals surface area contributed by atoms with Crippen LogP contribution in [0.25, 0.3) is 5.78 Å². The van der Waals surface area contributed by atoms with E-state index in [-0.39, 0.29) is 11.7 Å². The molecule has 0 atom stereocenters. The van der Waals surface area contributed by atoms with Crippen LogP contribution in [0.5, 0.6) is 0 Å². The Morgan fingerprint density at radius 1 is 1.20 bits per heavy atom. The molecule has 8 nitrogen and oxygen atoms in total. The molecule has 0 spiro atoms. The number of hydrogen-bond donors (Lipinski definition) is 1. The summed E-state index contributed by atoms with van der Waals surface area (Å²) in [6, 6.07) is 6.71. The monoisotopic (exact) mass is 427 g/mol. The number of aryl methyl sites for hydroxylation is 2. The van der Waals surface area contributed by atoms with Crippen LogP contribution in [0.1, 0.15) is 47.1 Å². The van der Waals surface area contributed by atoms with Crippen LogP contribution >= 0.6 is 11.8 Å². The van der Waals surface area contributed by atoms with Crippen LogP contribution in [0.3, 0.4) is 0 Å². The molecule has 0 radical (unpaired) electrons. The van der Waals surface area contributed by atoms with Crippen molar-refractivity contribution < 1.29 is 14.3 Å². The molecule has 0 aliphatic rings. The normalized spacial score (nSPS) is 10.9. The molecular weight excluding hydrogens is 402 g/mol. The van der Waals surface area contributed by atoms with Crippen LogP contribution in [-0.4, -0.2) is 44.3 Å². The van der Waals surface area contributed by atoms with Gasteiger partial charge in [-0.3, -0.25) is 4.79 Å². The summed E-state index contributed by atoms with van der Waals surface area (Å²) in [5.41, 5.74) is 3.91. The lowest BCUT2D eigenvalue weighted by Gasteiger charge is -2.09. The van der Waals surface area contributed by atoms with Crippen molar-refractivity contribution >= 4 is 35.1 Å². The predicted octanol–water partition coefficient (Wildman–Crippen LogP) is 3.60. The third kappa shape index (κ3) is 4.79. The van der Waals surface area contributed by atoms with Crippen LogP contribution in [-0.2, 0) is 16.0 Å². The van der Waals surface area contributed by atoms with Gasteiger partial charge in [-0.25, -0.2) is 14.3 Å². The van der Waals surface area contributed by atoms with E-state index in [0.29, 0.717) is 22.2 Å². The van der Waals surface area contributed by atoms with Crippen LogP contribution in [0, 0.1) is 13.8 Å². The van der Waals surface area contributed by atoms with Gasteiger partial charge in [-0.15, -0.1) is 5.10 Å². The number of unbranched alkanes of at least 4 members (excludes halogenated alkanes) is 1. The molecule has 9 heteroatoms. The van der Waals surface area contributed by atoms with Crippen molar-refractivity contribution in [1.29, 1.82) is 0 Å². The molecule has 30 heavy (non-hydrogen) atoms. The van der Waals surface area contributed by atoms with Gasteiger partial charge < -0.3 is 10.1 Å². The summed E-state index contributed by atoms with van der Waals surface area (Å²) in [6.45, 7) is 6.17. The number of esters is 1. The Kier molecular flexibility index (Phi) is 7.04. The number of carbonyl (C=O) groups excluding carboxylic acids is 2. The highest BCUT2D eigenvalue weighted by Crippen LogP contribution is 2.21. The largest absolute Gasteiger partial charge is 0.465 e. The maximum absolute atomic E-state index is 12.4. The Morgan fingerprint density at radius 3 is 2.70 bits per heavy atom. The number of methoxy groups -OCH3 is 1. The van der Waals surface area contributed by atoms with Crippen molar-refractivity contribution in [3.63, 3.8) is 0 Å². The Labute approximate surface area is 179 Å². The summed E-state index contributed by atoms with van der Waals surface area (Å²) in [4.78, 5) is 33.2. The SMILES string of the molecule is CCCCc1c(C)nc2nc(SCC(=O)Nc3ccccc3C(=O)OC)nn2c1C. The minimum Gasteiger partial charge on any atom is -0.465 e. The molecule has 0 bridgehead atoms. The van der Waals surface area contributed by atoms with E-state index in [4.69, 9.17) is 4.74 Å². The van der Waals surface area contributed by atoms with Crippen LogP contribution in [0.15, 0.2) is 29.4 Å². The number of aromatic nitrogens is 4. The van der Waals surface area contributed by atoms with Crippen LogP contribution in [0.4, 0.5) is 5.69 Å². The smallest absolute Gasteiger partial charge is 0.339 e. The van der Waals surface area contributed by atoms with Crippen molar-refractivity contribution in [3.8, 4) is 0 Å². The predicted molar refractivity (Wildman–Crippen MR) is 116 cm³/mol. The van der Waals surface area contributed by atoms with E-state index in [1.165, 1.54) is 24.4 Å². The molecule has 0 saturated heterocycles. The first-order valence-electron chi connectivity index (χ1n) is 9.77. The molecule has 0 aliphatic heterocycles. The maximum Gasteiger partial charge on any atom is 0.339 e. The highest BCUT2D eigenvalue weighted by molar-refractivity contribution is 7.99. The van der Waals surface area contributed by atoms with E-state index in [1.54, 1.807) is 28.8 Å². The second kappa shape index (κ2) is 9.71. The van der Waals surface area contributed by atoms with Gasteiger partial charge in [0.1, 0.15) is 0 Å². The molecular formula is C21H25N5O3S. The first-order valence-corrected chi connectivity index (χ1v) is 10.8. The summed E-state index contributed by atoms with van der Waals surface area (Å²) in [5.74, 6) is -0.132. The fourth-order valence-electron chi connectivity index (χ4n) is 3.16. The minimum atomic E-state index is -0.503. The number of fused-ring (bicyclic) bond motifs is 1. The molecule has 3 rings (SSSR count). The summed E-state index contributed by atoms with van der Waals surface area (Å²) in [5, 5.41) is 7.74. The Morgan fingerprint density at radius 2 is 1.97 bits per heavy atom. The van der Waals surface area contributed by atoms with Crippen LogP contribution in [0.2, 0.25) is 0 Å². The van der Waals surface area contributed by atoms with Gasteiger partial charge >= 0.3 is 5.97 Å². The standard InChI is InChI=1S/C21H25N5O3S/c1-5-6-9-15-13(2)22-20-24-21(25-26(20)14(15)3)30-12-18(27)23-17-11-8-7-10-16(17)19(28)29-4/h7-8,10-11H,5-6,9,12H2,1-4H3,(H,23,27). The van der Waals surface area contributed by atoms with E-state index >= 15 is 0 Å².